The van der Waals surface area contributed by atoms with E-state index >= 15 is 0 Å². The Morgan fingerprint density at radius 1 is 1.44 bits per heavy atom. The summed E-state index contributed by atoms with van der Waals surface area (Å²) in [6, 6.07) is 0. The van der Waals surface area contributed by atoms with Crippen molar-refractivity contribution in [1.29, 1.82) is 0 Å². The highest BCUT2D eigenvalue weighted by molar-refractivity contribution is 5.82. The highest BCUT2D eigenvalue weighted by atomic mass is 16.5. The number of rotatable bonds is 6. The summed E-state index contributed by atoms with van der Waals surface area (Å²) in [7, 11) is 0. The first kappa shape index (κ1) is 14.9. The Hall–Kier alpha value is -1.14. The molecule has 0 radical (unpaired) electrons. The van der Waals surface area contributed by atoms with Crippen LogP contribution in [0.2, 0.25) is 0 Å². The summed E-state index contributed by atoms with van der Waals surface area (Å²) in [5.74, 6) is -1.11. The van der Waals surface area contributed by atoms with Gasteiger partial charge in [0.05, 0.1) is 12.0 Å². The van der Waals surface area contributed by atoms with Crippen molar-refractivity contribution in [1.82, 2.24) is 10.6 Å². The highest BCUT2D eigenvalue weighted by Gasteiger charge is 2.36. The molecule has 0 aromatic carbocycles. The molecule has 0 aliphatic carbocycles. The van der Waals surface area contributed by atoms with Crippen molar-refractivity contribution in [2.75, 3.05) is 26.2 Å². The number of nitrogens with one attached hydrogen (secondary N) is 2. The third-order valence-electron chi connectivity index (χ3n) is 3.63. The van der Waals surface area contributed by atoms with Crippen molar-refractivity contribution >= 4 is 11.9 Å². The predicted octanol–water partition coefficient (Wildman–Crippen LogP) is -0.0180. The molecule has 1 heterocycles. The Balaban J connectivity index is 2.51. The number of carbonyl (C=O) groups excluding carboxylic acids is 1. The number of hydrogen-bond donors (Lipinski definition) is 3. The molecule has 1 unspecified atom stereocenters. The number of ether oxygens (including phenoxy) is 1. The monoisotopic (exact) mass is 258 g/mol. The summed E-state index contributed by atoms with van der Waals surface area (Å²) in [6.45, 7) is 5.51. The molecule has 1 aliphatic heterocycles. The molecule has 1 rings (SSSR count). The first-order valence-electron chi connectivity index (χ1n) is 6.39. The zero-order chi connectivity index (χ0) is 13.6. The molecular weight excluding hydrogens is 236 g/mol. The summed E-state index contributed by atoms with van der Waals surface area (Å²) >= 11 is 0. The quantitative estimate of drug-likeness (QED) is 0.623. The van der Waals surface area contributed by atoms with Gasteiger partial charge in [0.2, 0.25) is 5.91 Å². The molecule has 0 bridgehead atoms. The van der Waals surface area contributed by atoms with Gasteiger partial charge in [0.25, 0.3) is 0 Å². The van der Waals surface area contributed by atoms with E-state index in [1.807, 2.05) is 13.8 Å². The fourth-order valence-electron chi connectivity index (χ4n) is 1.98. The average Bonchev–Trinajstić information content (AvgIpc) is 2.41. The molecule has 1 fully saturated rings. The fourth-order valence-corrected chi connectivity index (χ4v) is 1.98. The second-order valence-corrected chi connectivity index (χ2v) is 4.57. The molecule has 1 atom stereocenters. The van der Waals surface area contributed by atoms with E-state index in [1.54, 1.807) is 0 Å². The fraction of sp³-hybridized carbons (Fsp3) is 0.833. The van der Waals surface area contributed by atoms with E-state index in [1.165, 1.54) is 0 Å². The van der Waals surface area contributed by atoms with Crippen molar-refractivity contribution in [3.63, 3.8) is 0 Å². The zero-order valence-corrected chi connectivity index (χ0v) is 11.0. The second kappa shape index (κ2) is 6.70. The van der Waals surface area contributed by atoms with Gasteiger partial charge in [-0.3, -0.25) is 9.59 Å². The molecule has 18 heavy (non-hydrogen) atoms. The van der Waals surface area contributed by atoms with Crippen LogP contribution in [0.15, 0.2) is 0 Å². The van der Waals surface area contributed by atoms with Crippen LogP contribution in [0.4, 0.5) is 0 Å². The summed E-state index contributed by atoms with van der Waals surface area (Å²) in [5.41, 5.74) is -0.877. The van der Waals surface area contributed by atoms with E-state index < -0.39 is 17.5 Å². The van der Waals surface area contributed by atoms with Gasteiger partial charge < -0.3 is 20.5 Å². The standard InChI is InChI=1S/C12H22N2O4/c1-3-12(4-2,11(16)17)8-14-10(15)9-7-13-5-6-18-9/h9,13H,3-8H2,1-2H3,(H,14,15)(H,16,17). The molecule has 0 aromatic rings. The van der Waals surface area contributed by atoms with Gasteiger partial charge in [0, 0.05) is 19.6 Å². The van der Waals surface area contributed by atoms with Crippen molar-refractivity contribution in [2.45, 2.75) is 32.8 Å². The van der Waals surface area contributed by atoms with Gasteiger partial charge in [0.1, 0.15) is 6.10 Å². The number of carboxylic acids is 1. The minimum absolute atomic E-state index is 0.147. The number of morpholine rings is 1. The van der Waals surface area contributed by atoms with Crippen LogP contribution in [0.1, 0.15) is 26.7 Å². The van der Waals surface area contributed by atoms with Gasteiger partial charge in [-0.05, 0) is 12.8 Å². The summed E-state index contributed by atoms with van der Waals surface area (Å²) in [6.07, 6.45) is 0.463. The van der Waals surface area contributed by atoms with Gasteiger partial charge in [-0.25, -0.2) is 0 Å². The van der Waals surface area contributed by atoms with Crippen LogP contribution in [-0.2, 0) is 14.3 Å². The predicted molar refractivity (Wildman–Crippen MR) is 66.3 cm³/mol. The van der Waals surface area contributed by atoms with Crippen LogP contribution >= 0.6 is 0 Å². The van der Waals surface area contributed by atoms with Crippen molar-refractivity contribution < 1.29 is 19.4 Å². The van der Waals surface area contributed by atoms with Gasteiger partial charge in [0.15, 0.2) is 0 Å². The Morgan fingerprint density at radius 2 is 2.11 bits per heavy atom. The lowest BCUT2D eigenvalue weighted by atomic mass is 9.82. The molecular formula is C12H22N2O4. The van der Waals surface area contributed by atoms with Gasteiger partial charge in [-0.2, -0.15) is 0 Å². The van der Waals surface area contributed by atoms with Crippen molar-refractivity contribution in [2.24, 2.45) is 5.41 Å². The van der Waals surface area contributed by atoms with Crippen molar-refractivity contribution in [3.8, 4) is 0 Å². The lowest BCUT2D eigenvalue weighted by Gasteiger charge is -2.29. The van der Waals surface area contributed by atoms with Crippen LogP contribution in [0, 0.1) is 5.41 Å². The van der Waals surface area contributed by atoms with E-state index in [4.69, 9.17) is 4.74 Å². The molecule has 1 aliphatic rings. The number of amides is 1. The maximum atomic E-state index is 11.8. The molecule has 0 saturated carbocycles. The molecule has 3 N–H and O–H groups in total. The number of carbonyl (C=O) groups is 2. The van der Waals surface area contributed by atoms with Gasteiger partial charge in [-0.1, -0.05) is 13.8 Å². The summed E-state index contributed by atoms with van der Waals surface area (Å²) < 4.78 is 5.31. The number of carboxylic acid groups (broad SMARTS) is 1. The number of hydrogen-bond acceptors (Lipinski definition) is 4. The minimum Gasteiger partial charge on any atom is -0.481 e. The van der Waals surface area contributed by atoms with E-state index in [-0.39, 0.29) is 12.5 Å². The van der Waals surface area contributed by atoms with Crippen LogP contribution in [0.25, 0.3) is 0 Å². The Bertz CT molecular complexity index is 296. The third kappa shape index (κ3) is 3.43. The first-order valence-corrected chi connectivity index (χ1v) is 6.39. The molecule has 6 heteroatoms. The SMILES string of the molecule is CCC(CC)(CNC(=O)C1CNCCO1)C(=O)O. The Kier molecular flexibility index (Phi) is 5.55. The second-order valence-electron chi connectivity index (χ2n) is 4.57. The van der Waals surface area contributed by atoms with Gasteiger partial charge >= 0.3 is 5.97 Å². The molecule has 104 valence electrons. The van der Waals surface area contributed by atoms with Gasteiger partial charge in [-0.15, -0.1) is 0 Å². The number of aliphatic carboxylic acids is 1. The molecule has 1 saturated heterocycles. The molecule has 0 spiro atoms. The average molecular weight is 258 g/mol. The van der Waals surface area contributed by atoms with Crippen LogP contribution < -0.4 is 10.6 Å². The normalized spacial score (nSPS) is 20.4. The summed E-state index contributed by atoms with van der Waals surface area (Å²) in [5, 5.41) is 15.0. The maximum absolute atomic E-state index is 11.8. The first-order chi connectivity index (χ1) is 8.55. The van der Waals surface area contributed by atoms with Crippen molar-refractivity contribution in [3.05, 3.63) is 0 Å². The largest absolute Gasteiger partial charge is 0.481 e. The minimum atomic E-state index is -0.877. The highest BCUT2D eigenvalue weighted by Crippen LogP contribution is 2.25. The lowest BCUT2D eigenvalue weighted by molar-refractivity contribution is -0.150. The van der Waals surface area contributed by atoms with Crippen LogP contribution in [0.5, 0.6) is 0 Å². The van der Waals surface area contributed by atoms with E-state index in [2.05, 4.69) is 10.6 Å². The van der Waals surface area contributed by atoms with Crippen LogP contribution in [0.3, 0.4) is 0 Å². The third-order valence-corrected chi connectivity index (χ3v) is 3.63. The summed E-state index contributed by atoms with van der Waals surface area (Å²) in [4.78, 5) is 23.1. The maximum Gasteiger partial charge on any atom is 0.311 e. The Morgan fingerprint density at radius 3 is 2.56 bits per heavy atom. The topological polar surface area (TPSA) is 87.7 Å². The van der Waals surface area contributed by atoms with Crippen LogP contribution in [-0.4, -0.2) is 49.3 Å². The Labute approximate surface area is 107 Å². The smallest absolute Gasteiger partial charge is 0.311 e. The molecule has 0 aromatic heterocycles. The molecule has 6 nitrogen and oxygen atoms in total. The lowest BCUT2D eigenvalue weighted by Crippen LogP contribution is -2.51. The molecule has 1 amide bonds. The van der Waals surface area contributed by atoms with E-state index in [9.17, 15) is 14.7 Å². The van der Waals surface area contributed by atoms with E-state index in [0.717, 1.165) is 6.54 Å². The van der Waals surface area contributed by atoms with E-state index in [0.29, 0.717) is 26.0 Å². The zero-order valence-electron chi connectivity index (χ0n) is 11.0.